The van der Waals surface area contributed by atoms with E-state index in [0.717, 1.165) is 18.8 Å². The summed E-state index contributed by atoms with van der Waals surface area (Å²) in [5.41, 5.74) is 1.92. The third-order valence-corrected chi connectivity index (χ3v) is 5.09. The highest BCUT2D eigenvalue weighted by molar-refractivity contribution is 5.96. The SMILES string of the molecule is CC(C)(C)N1CN(C2CCCCC2)Cc2ccccc2C1=O. The Labute approximate surface area is 134 Å². The Balaban J connectivity index is 1.95. The van der Waals surface area contributed by atoms with Crippen molar-refractivity contribution >= 4 is 5.91 Å². The summed E-state index contributed by atoms with van der Waals surface area (Å²) in [6.07, 6.45) is 6.56. The lowest BCUT2D eigenvalue weighted by molar-refractivity contribution is 0.0226. The molecule has 1 aliphatic carbocycles. The van der Waals surface area contributed by atoms with E-state index in [1.807, 2.05) is 17.0 Å². The highest BCUT2D eigenvalue weighted by atomic mass is 16.2. The first-order chi connectivity index (χ1) is 10.5. The van der Waals surface area contributed by atoms with E-state index in [1.54, 1.807) is 0 Å². The maximum atomic E-state index is 13.0. The van der Waals surface area contributed by atoms with Crippen LogP contribution in [0.5, 0.6) is 0 Å². The number of fused-ring (bicyclic) bond motifs is 1. The minimum Gasteiger partial charge on any atom is -0.321 e. The van der Waals surface area contributed by atoms with Crippen molar-refractivity contribution in [3.63, 3.8) is 0 Å². The monoisotopic (exact) mass is 300 g/mol. The zero-order valence-corrected chi connectivity index (χ0v) is 14.1. The predicted octanol–water partition coefficient (Wildman–Crippen LogP) is 4.03. The molecule has 1 saturated carbocycles. The average molecular weight is 300 g/mol. The van der Waals surface area contributed by atoms with Crippen LogP contribution < -0.4 is 0 Å². The summed E-state index contributed by atoms with van der Waals surface area (Å²) >= 11 is 0. The van der Waals surface area contributed by atoms with Gasteiger partial charge in [0, 0.05) is 23.7 Å². The molecule has 22 heavy (non-hydrogen) atoms. The molecule has 1 aromatic carbocycles. The number of hydrogen-bond donors (Lipinski definition) is 0. The summed E-state index contributed by atoms with van der Waals surface area (Å²) in [4.78, 5) is 17.6. The van der Waals surface area contributed by atoms with Crippen molar-refractivity contribution in [1.29, 1.82) is 0 Å². The Bertz CT molecular complexity index is 541. The fourth-order valence-electron chi connectivity index (χ4n) is 3.73. The lowest BCUT2D eigenvalue weighted by Gasteiger charge is -2.41. The van der Waals surface area contributed by atoms with Gasteiger partial charge in [-0.3, -0.25) is 9.69 Å². The predicted molar refractivity (Wildman–Crippen MR) is 89.6 cm³/mol. The van der Waals surface area contributed by atoms with Crippen LogP contribution in [0.25, 0.3) is 0 Å². The van der Waals surface area contributed by atoms with Gasteiger partial charge in [-0.2, -0.15) is 0 Å². The Morgan fingerprint density at radius 1 is 1.05 bits per heavy atom. The molecule has 120 valence electrons. The minimum absolute atomic E-state index is 0.151. The van der Waals surface area contributed by atoms with Crippen LogP contribution in [0.1, 0.15) is 68.8 Å². The highest BCUT2D eigenvalue weighted by Gasteiger charge is 2.35. The first kappa shape index (κ1) is 15.5. The third-order valence-electron chi connectivity index (χ3n) is 5.09. The number of hydrogen-bond acceptors (Lipinski definition) is 2. The molecule has 0 atom stereocenters. The number of rotatable bonds is 1. The molecule has 0 radical (unpaired) electrons. The quantitative estimate of drug-likeness (QED) is 0.781. The second-order valence-corrected chi connectivity index (χ2v) is 7.74. The molecular weight excluding hydrogens is 272 g/mol. The van der Waals surface area contributed by atoms with Gasteiger partial charge in [0.2, 0.25) is 0 Å². The lowest BCUT2D eigenvalue weighted by Crippen LogP contribution is -2.51. The largest absolute Gasteiger partial charge is 0.321 e. The summed E-state index contributed by atoms with van der Waals surface area (Å²) in [7, 11) is 0. The molecule has 1 heterocycles. The van der Waals surface area contributed by atoms with Crippen LogP contribution in [0.15, 0.2) is 24.3 Å². The van der Waals surface area contributed by atoms with Crippen molar-refractivity contribution < 1.29 is 4.79 Å². The van der Waals surface area contributed by atoms with Gasteiger partial charge in [-0.05, 0) is 45.2 Å². The molecule has 1 aromatic rings. The molecule has 1 fully saturated rings. The van der Waals surface area contributed by atoms with Crippen molar-refractivity contribution in [2.24, 2.45) is 0 Å². The lowest BCUT2D eigenvalue weighted by atomic mass is 9.94. The summed E-state index contributed by atoms with van der Waals surface area (Å²) in [5.74, 6) is 0.182. The van der Waals surface area contributed by atoms with Gasteiger partial charge in [-0.15, -0.1) is 0 Å². The number of nitrogens with zero attached hydrogens (tertiary/aromatic N) is 2. The first-order valence-corrected chi connectivity index (χ1v) is 8.61. The van der Waals surface area contributed by atoms with Gasteiger partial charge in [-0.1, -0.05) is 37.5 Å². The van der Waals surface area contributed by atoms with Crippen LogP contribution >= 0.6 is 0 Å². The minimum atomic E-state index is -0.151. The molecule has 2 aliphatic rings. The van der Waals surface area contributed by atoms with Crippen molar-refractivity contribution in [3.05, 3.63) is 35.4 Å². The number of carbonyl (C=O) groups is 1. The Morgan fingerprint density at radius 2 is 1.73 bits per heavy atom. The molecule has 0 unspecified atom stereocenters. The van der Waals surface area contributed by atoms with Crippen molar-refractivity contribution in [2.45, 2.75) is 71.0 Å². The van der Waals surface area contributed by atoms with Crippen LogP contribution in [-0.4, -0.2) is 34.0 Å². The van der Waals surface area contributed by atoms with Crippen LogP contribution in [0.2, 0.25) is 0 Å². The molecule has 0 spiro atoms. The molecule has 0 aromatic heterocycles. The van der Waals surface area contributed by atoms with Gasteiger partial charge in [0.25, 0.3) is 5.91 Å². The van der Waals surface area contributed by atoms with E-state index in [-0.39, 0.29) is 11.4 Å². The van der Waals surface area contributed by atoms with Crippen LogP contribution in [0.3, 0.4) is 0 Å². The topological polar surface area (TPSA) is 23.6 Å². The van der Waals surface area contributed by atoms with Crippen molar-refractivity contribution in [3.8, 4) is 0 Å². The zero-order chi connectivity index (χ0) is 15.7. The van der Waals surface area contributed by atoms with E-state index in [4.69, 9.17) is 0 Å². The third kappa shape index (κ3) is 3.05. The van der Waals surface area contributed by atoms with Crippen LogP contribution in [-0.2, 0) is 6.54 Å². The Morgan fingerprint density at radius 3 is 2.41 bits per heavy atom. The Kier molecular flexibility index (Phi) is 4.26. The zero-order valence-electron chi connectivity index (χ0n) is 14.1. The van der Waals surface area contributed by atoms with E-state index in [9.17, 15) is 4.79 Å². The Hall–Kier alpha value is -1.35. The van der Waals surface area contributed by atoms with Crippen LogP contribution in [0, 0.1) is 0 Å². The summed E-state index contributed by atoms with van der Waals surface area (Å²) < 4.78 is 0. The van der Waals surface area contributed by atoms with Gasteiger partial charge < -0.3 is 4.90 Å². The molecule has 0 bridgehead atoms. The average Bonchev–Trinajstić information content (AvgIpc) is 2.65. The molecule has 3 rings (SSSR count). The number of amides is 1. The van der Waals surface area contributed by atoms with Gasteiger partial charge in [0.1, 0.15) is 0 Å². The first-order valence-electron chi connectivity index (χ1n) is 8.61. The molecule has 0 N–H and O–H groups in total. The molecule has 1 aliphatic heterocycles. The van der Waals surface area contributed by atoms with Gasteiger partial charge in [0.05, 0.1) is 6.67 Å². The van der Waals surface area contributed by atoms with Gasteiger partial charge >= 0.3 is 0 Å². The highest BCUT2D eigenvalue weighted by Crippen LogP contribution is 2.30. The standard InChI is InChI=1S/C19H28N2O/c1-19(2,3)21-14-20(16-10-5-4-6-11-16)13-15-9-7-8-12-17(15)18(21)22/h7-9,12,16H,4-6,10-11,13-14H2,1-3H3. The van der Waals surface area contributed by atoms with E-state index < -0.39 is 0 Å². The molecule has 0 saturated heterocycles. The van der Waals surface area contributed by atoms with E-state index >= 15 is 0 Å². The number of benzene rings is 1. The number of carbonyl (C=O) groups excluding carboxylic acids is 1. The second kappa shape index (κ2) is 6.04. The van der Waals surface area contributed by atoms with E-state index in [0.29, 0.717) is 6.04 Å². The van der Waals surface area contributed by atoms with Crippen molar-refractivity contribution in [1.82, 2.24) is 9.80 Å². The summed E-state index contributed by atoms with van der Waals surface area (Å²) in [5, 5.41) is 0. The van der Waals surface area contributed by atoms with Crippen LogP contribution in [0.4, 0.5) is 0 Å². The maximum Gasteiger partial charge on any atom is 0.255 e. The molecular formula is C19H28N2O. The maximum absolute atomic E-state index is 13.0. The normalized spacial score (nSPS) is 21.6. The van der Waals surface area contributed by atoms with Gasteiger partial charge in [-0.25, -0.2) is 0 Å². The second-order valence-electron chi connectivity index (χ2n) is 7.74. The molecule has 1 amide bonds. The van der Waals surface area contributed by atoms with Crippen molar-refractivity contribution in [2.75, 3.05) is 6.67 Å². The summed E-state index contributed by atoms with van der Waals surface area (Å²) in [6, 6.07) is 8.76. The molecule has 3 nitrogen and oxygen atoms in total. The smallest absolute Gasteiger partial charge is 0.255 e. The fraction of sp³-hybridized carbons (Fsp3) is 0.632. The fourth-order valence-corrected chi connectivity index (χ4v) is 3.73. The van der Waals surface area contributed by atoms with E-state index in [2.05, 4.69) is 37.8 Å². The summed E-state index contributed by atoms with van der Waals surface area (Å²) in [6.45, 7) is 8.06. The van der Waals surface area contributed by atoms with Gasteiger partial charge in [0.15, 0.2) is 0 Å². The molecule has 3 heteroatoms. The van der Waals surface area contributed by atoms with E-state index in [1.165, 1.54) is 37.7 Å².